The van der Waals surface area contributed by atoms with E-state index < -0.39 is 17.1 Å². The van der Waals surface area contributed by atoms with Crippen LogP contribution in [0.1, 0.15) is 43.0 Å². The fraction of sp³-hybridized carbons (Fsp3) is 0.571. The molecule has 1 aliphatic rings. The molecule has 1 heterocycles. The molecule has 1 aromatic heterocycles. The smallest absolute Gasteiger partial charge is 0.251 e. The summed E-state index contributed by atoms with van der Waals surface area (Å²) >= 11 is 0. The number of rotatable bonds is 3. The Labute approximate surface area is 116 Å². The van der Waals surface area contributed by atoms with Crippen molar-refractivity contribution in [2.24, 2.45) is 5.92 Å². The molecule has 0 aromatic carbocycles. The highest BCUT2D eigenvalue weighted by molar-refractivity contribution is 5.94. The summed E-state index contributed by atoms with van der Waals surface area (Å²) in [5.74, 6) is -0.389. The second kappa shape index (κ2) is 5.66. The quantitative estimate of drug-likeness (QED) is 0.656. The van der Waals surface area contributed by atoms with Gasteiger partial charge < -0.3 is 15.5 Å². The number of aromatic hydroxyl groups is 1. The SMILES string of the molecule is CC1CCCC(O)(CNC(=O)c2cc(O)[nH]c(=O)c2)C1. The topological polar surface area (TPSA) is 102 Å². The van der Waals surface area contributed by atoms with Crippen molar-refractivity contribution in [3.63, 3.8) is 0 Å². The van der Waals surface area contributed by atoms with Crippen molar-refractivity contribution in [2.45, 2.75) is 38.2 Å². The maximum atomic E-state index is 11.9. The van der Waals surface area contributed by atoms with Gasteiger partial charge in [-0.3, -0.25) is 14.6 Å². The number of aromatic nitrogens is 1. The number of nitrogens with one attached hydrogen (secondary N) is 2. The zero-order valence-corrected chi connectivity index (χ0v) is 11.5. The third kappa shape index (κ3) is 3.60. The maximum absolute atomic E-state index is 11.9. The van der Waals surface area contributed by atoms with E-state index in [1.807, 2.05) is 0 Å². The van der Waals surface area contributed by atoms with E-state index >= 15 is 0 Å². The van der Waals surface area contributed by atoms with Gasteiger partial charge >= 0.3 is 0 Å². The van der Waals surface area contributed by atoms with E-state index in [-0.39, 0.29) is 18.0 Å². The zero-order valence-electron chi connectivity index (χ0n) is 11.5. The molecule has 1 aliphatic carbocycles. The van der Waals surface area contributed by atoms with Crippen molar-refractivity contribution in [1.82, 2.24) is 10.3 Å². The number of hydrogen-bond donors (Lipinski definition) is 4. The van der Waals surface area contributed by atoms with Gasteiger partial charge in [0.05, 0.1) is 11.2 Å². The molecule has 6 nitrogen and oxygen atoms in total. The lowest BCUT2D eigenvalue weighted by molar-refractivity contribution is -0.0109. The minimum absolute atomic E-state index is 0.0821. The van der Waals surface area contributed by atoms with Crippen molar-refractivity contribution in [2.75, 3.05) is 6.54 Å². The molecule has 2 atom stereocenters. The first kappa shape index (κ1) is 14.6. The van der Waals surface area contributed by atoms with Crippen LogP contribution in [0.15, 0.2) is 16.9 Å². The molecule has 110 valence electrons. The molecule has 6 heteroatoms. The molecule has 0 bridgehead atoms. The minimum atomic E-state index is -0.878. The van der Waals surface area contributed by atoms with Crippen LogP contribution >= 0.6 is 0 Å². The average Bonchev–Trinajstić information content (AvgIpc) is 2.34. The first-order valence-corrected chi connectivity index (χ1v) is 6.82. The molecule has 1 amide bonds. The third-order valence-corrected chi connectivity index (χ3v) is 3.74. The maximum Gasteiger partial charge on any atom is 0.251 e. The van der Waals surface area contributed by atoms with Crippen LogP contribution in [0.5, 0.6) is 5.88 Å². The molecule has 1 fully saturated rings. The van der Waals surface area contributed by atoms with E-state index in [1.165, 1.54) is 6.07 Å². The number of carbonyl (C=O) groups excluding carboxylic acids is 1. The molecule has 2 unspecified atom stereocenters. The van der Waals surface area contributed by atoms with Crippen molar-refractivity contribution < 1.29 is 15.0 Å². The second-order valence-electron chi connectivity index (χ2n) is 5.73. The van der Waals surface area contributed by atoms with E-state index in [9.17, 15) is 19.8 Å². The normalized spacial score (nSPS) is 26.2. The number of H-pyrrole nitrogens is 1. The van der Waals surface area contributed by atoms with E-state index in [4.69, 9.17) is 0 Å². The Morgan fingerprint density at radius 1 is 1.55 bits per heavy atom. The van der Waals surface area contributed by atoms with Crippen LogP contribution in [0, 0.1) is 5.92 Å². The zero-order chi connectivity index (χ0) is 14.8. The number of aliphatic hydroxyl groups is 1. The Morgan fingerprint density at radius 3 is 2.95 bits per heavy atom. The molecule has 0 spiro atoms. The number of amides is 1. The van der Waals surface area contributed by atoms with Gasteiger partial charge in [-0.15, -0.1) is 0 Å². The fourth-order valence-corrected chi connectivity index (χ4v) is 2.80. The number of pyridine rings is 1. The summed E-state index contributed by atoms with van der Waals surface area (Å²) < 4.78 is 0. The number of hydrogen-bond acceptors (Lipinski definition) is 4. The molecule has 0 saturated heterocycles. The molecule has 20 heavy (non-hydrogen) atoms. The van der Waals surface area contributed by atoms with Gasteiger partial charge in [-0.05, 0) is 18.8 Å². The summed E-state index contributed by atoms with van der Waals surface area (Å²) in [4.78, 5) is 25.3. The van der Waals surface area contributed by atoms with Crippen molar-refractivity contribution in [3.05, 3.63) is 28.0 Å². The van der Waals surface area contributed by atoms with Crippen LogP contribution in [0.4, 0.5) is 0 Å². The molecular weight excluding hydrogens is 260 g/mol. The van der Waals surface area contributed by atoms with E-state index in [2.05, 4.69) is 17.2 Å². The molecule has 1 saturated carbocycles. The lowest BCUT2D eigenvalue weighted by Crippen LogP contribution is -2.45. The summed E-state index contributed by atoms with van der Waals surface area (Å²) in [6.45, 7) is 2.24. The second-order valence-corrected chi connectivity index (χ2v) is 5.73. The van der Waals surface area contributed by atoms with Gasteiger partial charge in [-0.2, -0.15) is 0 Å². The lowest BCUT2D eigenvalue weighted by Gasteiger charge is -2.35. The van der Waals surface area contributed by atoms with Crippen molar-refractivity contribution >= 4 is 5.91 Å². The Kier molecular flexibility index (Phi) is 4.13. The first-order valence-electron chi connectivity index (χ1n) is 6.82. The number of aromatic amines is 1. The Hall–Kier alpha value is -1.82. The van der Waals surface area contributed by atoms with Crippen LogP contribution in [0.2, 0.25) is 0 Å². The largest absolute Gasteiger partial charge is 0.494 e. The van der Waals surface area contributed by atoms with Crippen LogP contribution in [0.3, 0.4) is 0 Å². The highest BCUT2D eigenvalue weighted by Gasteiger charge is 2.32. The molecule has 0 radical (unpaired) electrons. The Morgan fingerprint density at radius 2 is 2.30 bits per heavy atom. The lowest BCUT2D eigenvalue weighted by atomic mass is 9.79. The molecule has 1 aromatic rings. The predicted octanol–water partition coefficient (Wildman–Crippen LogP) is 0.751. The fourth-order valence-electron chi connectivity index (χ4n) is 2.80. The van der Waals surface area contributed by atoms with Crippen molar-refractivity contribution in [1.29, 1.82) is 0 Å². The highest BCUT2D eigenvalue weighted by atomic mass is 16.3. The highest BCUT2D eigenvalue weighted by Crippen LogP contribution is 2.31. The molecular formula is C14H20N2O4. The summed E-state index contributed by atoms with van der Waals surface area (Å²) in [6, 6.07) is 2.30. The van der Waals surface area contributed by atoms with Crippen LogP contribution in [-0.4, -0.2) is 33.3 Å². The monoisotopic (exact) mass is 280 g/mol. The van der Waals surface area contributed by atoms with E-state index in [1.54, 1.807) is 0 Å². The summed E-state index contributed by atoms with van der Waals surface area (Å²) in [6.07, 6.45) is 3.36. The molecule has 2 rings (SSSR count). The minimum Gasteiger partial charge on any atom is -0.494 e. The van der Waals surface area contributed by atoms with Crippen LogP contribution in [-0.2, 0) is 0 Å². The van der Waals surface area contributed by atoms with E-state index in [0.717, 1.165) is 18.9 Å². The third-order valence-electron chi connectivity index (χ3n) is 3.74. The summed E-state index contributed by atoms with van der Waals surface area (Å²) in [5, 5.41) is 22.3. The van der Waals surface area contributed by atoms with Gasteiger partial charge in [-0.25, -0.2) is 0 Å². The predicted molar refractivity (Wildman–Crippen MR) is 73.6 cm³/mol. The van der Waals surface area contributed by atoms with Gasteiger partial charge in [-0.1, -0.05) is 19.8 Å². The number of carbonyl (C=O) groups is 1. The van der Waals surface area contributed by atoms with Gasteiger partial charge in [0.2, 0.25) is 0 Å². The van der Waals surface area contributed by atoms with Gasteiger partial charge in [0.1, 0.15) is 0 Å². The van der Waals surface area contributed by atoms with Crippen molar-refractivity contribution in [3.8, 4) is 5.88 Å². The van der Waals surface area contributed by atoms with Crippen LogP contribution in [0.25, 0.3) is 0 Å². The Bertz CT molecular complexity index is 554. The summed E-state index contributed by atoms with van der Waals surface area (Å²) in [5.41, 5.74) is -1.34. The first-order chi connectivity index (χ1) is 9.38. The molecule has 0 aliphatic heterocycles. The Balaban J connectivity index is 1.99. The average molecular weight is 280 g/mol. The van der Waals surface area contributed by atoms with E-state index in [0.29, 0.717) is 18.8 Å². The molecule has 4 N–H and O–H groups in total. The van der Waals surface area contributed by atoms with Crippen LogP contribution < -0.4 is 10.9 Å². The van der Waals surface area contributed by atoms with Gasteiger partial charge in [0.25, 0.3) is 11.5 Å². The van der Waals surface area contributed by atoms with Gasteiger partial charge in [0, 0.05) is 18.7 Å². The van der Waals surface area contributed by atoms with Gasteiger partial charge in [0.15, 0.2) is 5.88 Å². The standard InChI is InChI=1S/C14H20N2O4/c1-9-3-2-4-14(20,7-9)8-15-13(19)10-5-11(17)16-12(18)6-10/h5-6,9,20H,2-4,7-8H2,1H3,(H,15,19)(H2,16,17,18). The summed E-state index contributed by atoms with van der Waals surface area (Å²) in [7, 11) is 0.